The van der Waals surface area contributed by atoms with Gasteiger partial charge in [0.15, 0.2) is 0 Å². The van der Waals surface area contributed by atoms with Crippen LogP contribution in [0.15, 0.2) is 18.2 Å². The summed E-state index contributed by atoms with van der Waals surface area (Å²) in [6, 6.07) is 7.95. The predicted molar refractivity (Wildman–Crippen MR) is 56.1 cm³/mol. The van der Waals surface area contributed by atoms with Crippen LogP contribution in [-0.4, -0.2) is 6.10 Å². The lowest BCUT2D eigenvalue weighted by Gasteiger charge is -2.15. The first-order valence-corrected chi connectivity index (χ1v) is 4.95. The number of rotatable bonds is 4. The van der Waals surface area contributed by atoms with Gasteiger partial charge in [0.05, 0.1) is 12.5 Å². The van der Waals surface area contributed by atoms with Gasteiger partial charge < -0.3 is 4.74 Å². The van der Waals surface area contributed by atoms with Crippen LogP contribution >= 0.6 is 0 Å². The monoisotopic (exact) mass is 218 g/mol. The molecule has 0 saturated heterocycles. The third-order valence-electron chi connectivity index (χ3n) is 2.16. The number of benzene rings is 1. The van der Waals surface area contributed by atoms with Gasteiger partial charge >= 0.3 is 0 Å². The van der Waals surface area contributed by atoms with Crippen molar-refractivity contribution in [3.05, 3.63) is 29.6 Å². The van der Waals surface area contributed by atoms with Crippen LogP contribution in [0.4, 0.5) is 4.39 Å². The molecule has 0 aliphatic heterocycles. The van der Waals surface area contributed by atoms with Crippen LogP contribution in [0.5, 0.6) is 5.75 Å². The zero-order chi connectivity index (χ0) is 12.0. The first-order valence-electron chi connectivity index (χ1n) is 4.95. The molecule has 0 aromatic heterocycles. The van der Waals surface area contributed by atoms with Gasteiger partial charge in [0, 0.05) is 0 Å². The minimum absolute atomic E-state index is 0.112. The van der Waals surface area contributed by atoms with Gasteiger partial charge in [-0.1, -0.05) is 13.0 Å². The van der Waals surface area contributed by atoms with E-state index in [0.29, 0.717) is 6.42 Å². The van der Waals surface area contributed by atoms with Crippen molar-refractivity contribution in [1.82, 2.24) is 0 Å². The van der Waals surface area contributed by atoms with Gasteiger partial charge in [-0.3, -0.25) is 0 Å². The molecule has 0 N–H and O–H groups in total. The highest BCUT2D eigenvalue weighted by atomic mass is 19.1. The SMILES string of the molecule is CCC(CC#N)Oc1cccc(F)c1C#N. The van der Waals surface area contributed by atoms with E-state index in [2.05, 4.69) is 0 Å². The molecule has 0 bridgehead atoms. The molecule has 0 spiro atoms. The summed E-state index contributed by atoms with van der Waals surface area (Å²) in [5, 5.41) is 17.3. The molecule has 0 radical (unpaired) electrons. The summed E-state index contributed by atoms with van der Waals surface area (Å²) in [6.07, 6.45) is 0.547. The Morgan fingerprint density at radius 3 is 2.75 bits per heavy atom. The molecular weight excluding hydrogens is 207 g/mol. The van der Waals surface area contributed by atoms with Crippen LogP contribution in [0.1, 0.15) is 25.3 Å². The first-order chi connectivity index (χ1) is 7.72. The molecule has 4 heteroatoms. The standard InChI is InChI=1S/C12H11FN2O/c1-2-9(6-7-14)16-12-5-3-4-11(13)10(12)8-15/h3-5,9H,2,6H2,1H3. The van der Waals surface area contributed by atoms with Crippen molar-refractivity contribution < 1.29 is 9.13 Å². The second kappa shape index (κ2) is 5.72. The maximum atomic E-state index is 13.2. The Kier molecular flexibility index (Phi) is 4.29. The van der Waals surface area contributed by atoms with Gasteiger partial charge in [-0.2, -0.15) is 10.5 Å². The molecule has 0 amide bonds. The summed E-state index contributed by atoms with van der Waals surface area (Å²) in [5.74, 6) is -0.406. The van der Waals surface area contributed by atoms with Crippen LogP contribution in [-0.2, 0) is 0 Å². The van der Waals surface area contributed by atoms with E-state index >= 15 is 0 Å². The van der Waals surface area contributed by atoms with Crippen LogP contribution in [0, 0.1) is 28.5 Å². The fourth-order valence-electron chi connectivity index (χ4n) is 1.26. The Labute approximate surface area is 93.7 Å². The smallest absolute Gasteiger partial charge is 0.144 e. The van der Waals surface area contributed by atoms with Crippen molar-refractivity contribution in [2.24, 2.45) is 0 Å². The average Bonchev–Trinajstić information content (AvgIpc) is 2.28. The predicted octanol–water partition coefficient (Wildman–Crippen LogP) is 2.77. The van der Waals surface area contributed by atoms with E-state index in [-0.39, 0.29) is 23.8 Å². The molecule has 0 saturated carbocycles. The Hall–Kier alpha value is -2.07. The summed E-state index contributed by atoms with van der Waals surface area (Å²) in [4.78, 5) is 0. The fourth-order valence-corrected chi connectivity index (χ4v) is 1.26. The topological polar surface area (TPSA) is 56.8 Å². The summed E-state index contributed by atoms with van der Waals surface area (Å²) in [7, 11) is 0. The van der Waals surface area contributed by atoms with E-state index in [1.807, 2.05) is 13.0 Å². The second-order valence-corrected chi connectivity index (χ2v) is 3.24. The van der Waals surface area contributed by atoms with Crippen molar-refractivity contribution >= 4 is 0 Å². The molecule has 3 nitrogen and oxygen atoms in total. The van der Waals surface area contributed by atoms with E-state index in [4.69, 9.17) is 15.3 Å². The third-order valence-corrected chi connectivity index (χ3v) is 2.16. The van der Waals surface area contributed by atoms with Crippen molar-refractivity contribution in [3.63, 3.8) is 0 Å². The Balaban J connectivity index is 2.93. The minimum atomic E-state index is -0.605. The van der Waals surface area contributed by atoms with Gasteiger partial charge in [-0.05, 0) is 18.6 Å². The average molecular weight is 218 g/mol. The van der Waals surface area contributed by atoms with Crippen LogP contribution in [0.2, 0.25) is 0 Å². The molecule has 16 heavy (non-hydrogen) atoms. The number of halogens is 1. The van der Waals surface area contributed by atoms with Gasteiger partial charge in [-0.25, -0.2) is 4.39 Å². The molecule has 0 aliphatic rings. The minimum Gasteiger partial charge on any atom is -0.488 e. The van der Waals surface area contributed by atoms with Crippen LogP contribution in [0.3, 0.4) is 0 Å². The van der Waals surface area contributed by atoms with E-state index in [1.54, 1.807) is 6.07 Å². The molecule has 1 atom stereocenters. The van der Waals surface area contributed by atoms with Crippen LogP contribution in [0.25, 0.3) is 0 Å². The molecule has 0 fully saturated rings. The summed E-state index contributed by atoms with van der Waals surface area (Å²) in [5.41, 5.74) is -0.112. The van der Waals surface area contributed by atoms with Crippen molar-refractivity contribution in [3.8, 4) is 17.9 Å². The lowest BCUT2D eigenvalue weighted by Crippen LogP contribution is -2.15. The number of hydrogen-bond acceptors (Lipinski definition) is 3. The van der Waals surface area contributed by atoms with Gasteiger partial charge in [0.25, 0.3) is 0 Å². The molecule has 82 valence electrons. The number of nitriles is 2. The molecule has 1 aromatic rings. The number of nitrogens with zero attached hydrogens (tertiary/aromatic N) is 2. The van der Waals surface area contributed by atoms with E-state index in [1.165, 1.54) is 18.2 Å². The molecule has 1 aromatic carbocycles. The number of ether oxygens (including phenoxy) is 1. The van der Waals surface area contributed by atoms with Crippen LogP contribution < -0.4 is 4.74 Å². The molecule has 1 unspecified atom stereocenters. The molecule has 1 rings (SSSR count). The lowest BCUT2D eigenvalue weighted by molar-refractivity contribution is 0.201. The summed E-state index contributed by atoms with van der Waals surface area (Å²) in [6.45, 7) is 1.87. The van der Waals surface area contributed by atoms with Gasteiger partial charge in [-0.15, -0.1) is 0 Å². The zero-order valence-electron chi connectivity index (χ0n) is 8.90. The lowest BCUT2D eigenvalue weighted by atomic mass is 10.2. The number of hydrogen-bond donors (Lipinski definition) is 0. The Bertz CT molecular complexity index is 445. The molecular formula is C12H11FN2O. The highest BCUT2D eigenvalue weighted by molar-refractivity contribution is 5.43. The van der Waals surface area contributed by atoms with Crippen molar-refractivity contribution in [2.75, 3.05) is 0 Å². The van der Waals surface area contributed by atoms with Crippen molar-refractivity contribution in [2.45, 2.75) is 25.9 Å². The Morgan fingerprint density at radius 1 is 1.44 bits per heavy atom. The maximum absolute atomic E-state index is 13.2. The normalized spacial score (nSPS) is 11.2. The molecule has 0 heterocycles. The van der Waals surface area contributed by atoms with E-state index < -0.39 is 5.82 Å². The van der Waals surface area contributed by atoms with Gasteiger partial charge in [0.1, 0.15) is 29.3 Å². The van der Waals surface area contributed by atoms with E-state index in [9.17, 15) is 4.39 Å². The third kappa shape index (κ3) is 2.71. The van der Waals surface area contributed by atoms with Crippen molar-refractivity contribution in [1.29, 1.82) is 10.5 Å². The summed E-state index contributed by atoms with van der Waals surface area (Å²) >= 11 is 0. The first kappa shape index (κ1) is 12.0. The zero-order valence-corrected chi connectivity index (χ0v) is 8.90. The highest BCUT2D eigenvalue weighted by Crippen LogP contribution is 2.22. The fraction of sp³-hybridized carbons (Fsp3) is 0.333. The second-order valence-electron chi connectivity index (χ2n) is 3.24. The van der Waals surface area contributed by atoms with E-state index in [0.717, 1.165) is 0 Å². The molecule has 0 aliphatic carbocycles. The summed E-state index contributed by atoms with van der Waals surface area (Å²) < 4.78 is 18.6. The maximum Gasteiger partial charge on any atom is 0.144 e. The Morgan fingerprint density at radius 2 is 2.19 bits per heavy atom. The quantitative estimate of drug-likeness (QED) is 0.780. The largest absolute Gasteiger partial charge is 0.488 e. The highest BCUT2D eigenvalue weighted by Gasteiger charge is 2.13. The van der Waals surface area contributed by atoms with Gasteiger partial charge in [0.2, 0.25) is 0 Å².